The molecule has 4 aromatic rings. The minimum Gasteiger partial charge on any atom is -0.253 e. The molecule has 0 spiro atoms. The van der Waals surface area contributed by atoms with Gasteiger partial charge in [-0.1, -0.05) is 48.5 Å². The standard InChI is InChI=1S/C22H18N2/c1-3-7-19-15(5-1)9-13-21(23-19)17-11-12-18(17)22-14-10-16-6-2-4-8-20(16)24-22/h1-10,13-14,17-18H,11-12H2/t17-,18-/m1/s1. The normalized spacial score (nSPS) is 20.2. The lowest BCUT2D eigenvalue weighted by atomic mass is 9.70. The second-order valence-corrected chi connectivity index (χ2v) is 6.65. The van der Waals surface area contributed by atoms with E-state index in [9.17, 15) is 0 Å². The van der Waals surface area contributed by atoms with Gasteiger partial charge in [0.15, 0.2) is 0 Å². The zero-order valence-corrected chi connectivity index (χ0v) is 13.4. The van der Waals surface area contributed by atoms with Gasteiger partial charge in [0.05, 0.1) is 11.0 Å². The molecule has 0 bridgehead atoms. The number of hydrogen-bond acceptors (Lipinski definition) is 2. The Kier molecular flexibility index (Phi) is 3.08. The monoisotopic (exact) mass is 310 g/mol. The van der Waals surface area contributed by atoms with Crippen LogP contribution in [0.1, 0.15) is 36.1 Å². The molecule has 2 heteroatoms. The molecule has 1 aliphatic rings. The molecule has 1 aliphatic carbocycles. The zero-order chi connectivity index (χ0) is 15.9. The van der Waals surface area contributed by atoms with Gasteiger partial charge >= 0.3 is 0 Å². The minimum atomic E-state index is 0.489. The molecule has 1 saturated carbocycles. The number of hydrogen-bond donors (Lipinski definition) is 0. The van der Waals surface area contributed by atoms with Crippen molar-refractivity contribution in [2.24, 2.45) is 0 Å². The van der Waals surface area contributed by atoms with Crippen LogP contribution in [0.3, 0.4) is 0 Å². The van der Waals surface area contributed by atoms with Crippen molar-refractivity contribution in [3.63, 3.8) is 0 Å². The maximum atomic E-state index is 4.91. The van der Waals surface area contributed by atoms with E-state index in [1.807, 2.05) is 0 Å². The van der Waals surface area contributed by atoms with Gasteiger partial charge in [0, 0.05) is 34.0 Å². The lowest BCUT2D eigenvalue weighted by Crippen LogP contribution is -2.23. The number of nitrogens with zero attached hydrogens (tertiary/aromatic N) is 2. The van der Waals surface area contributed by atoms with E-state index in [0.29, 0.717) is 11.8 Å². The van der Waals surface area contributed by atoms with Crippen LogP contribution in [0.4, 0.5) is 0 Å². The third-order valence-electron chi connectivity index (χ3n) is 5.27. The summed E-state index contributed by atoms with van der Waals surface area (Å²) in [6.45, 7) is 0. The molecule has 0 aliphatic heterocycles. The van der Waals surface area contributed by atoms with E-state index in [-0.39, 0.29) is 0 Å². The number of pyridine rings is 2. The quantitative estimate of drug-likeness (QED) is 0.492. The molecule has 116 valence electrons. The van der Waals surface area contributed by atoms with Crippen LogP contribution in [0.15, 0.2) is 72.8 Å². The molecule has 0 N–H and O–H groups in total. The van der Waals surface area contributed by atoms with E-state index in [1.165, 1.54) is 35.0 Å². The van der Waals surface area contributed by atoms with Crippen molar-refractivity contribution in [2.45, 2.75) is 24.7 Å². The number of para-hydroxylation sites is 2. The van der Waals surface area contributed by atoms with Gasteiger partial charge in [-0.15, -0.1) is 0 Å². The Morgan fingerprint density at radius 1 is 0.542 bits per heavy atom. The number of fused-ring (bicyclic) bond motifs is 2. The molecule has 2 nitrogen and oxygen atoms in total. The van der Waals surface area contributed by atoms with Crippen molar-refractivity contribution in [1.82, 2.24) is 9.97 Å². The molecule has 0 unspecified atom stereocenters. The molecule has 5 rings (SSSR count). The highest BCUT2D eigenvalue weighted by molar-refractivity contribution is 5.79. The highest BCUT2D eigenvalue weighted by atomic mass is 14.8. The first-order valence-electron chi connectivity index (χ1n) is 8.60. The molecule has 2 aromatic carbocycles. The van der Waals surface area contributed by atoms with Crippen LogP contribution in [-0.4, -0.2) is 9.97 Å². The van der Waals surface area contributed by atoms with Gasteiger partial charge in [0.25, 0.3) is 0 Å². The van der Waals surface area contributed by atoms with Crippen LogP contribution in [0.2, 0.25) is 0 Å². The summed E-state index contributed by atoms with van der Waals surface area (Å²) in [6.07, 6.45) is 2.40. The molecule has 0 radical (unpaired) electrons. The van der Waals surface area contributed by atoms with E-state index in [1.54, 1.807) is 0 Å². The highest BCUT2D eigenvalue weighted by Crippen LogP contribution is 2.48. The fourth-order valence-corrected chi connectivity index (χ4v) is 3.78. The lowest BCUT2D eigenvalue weighted by Gasteiger charge is -2.36. The van der Waals surface area contributed by atoms with Gasteiger partial charge < -0.3 is 0 Å². The van der Waals surface area contributed by atoms with Crippen LogP contribution in [0.25, 0.3) is 21.8 Å². The van der Waals surface area contributed by atoms with Crippen molar-refractivity contribution in [2.75, 3.05) is 0 Å². The van der Waals surface area contributed by atoms with E-state index in [0.717, 1.165) is 11.0 Å². The second kappa shape index (κ2) is 5.41. The van der Waals surface area contributed by atoms with Crippen LogP contribution >= 0.6 is 0 Å². The average Bonchev–Trinajstić information content (AvgIpc) is 2.61. The zero-order valence-electron chi connectivity index (χ0n) is 13.4. The maximum absolute atomic E-state index is 4.91. The van der Waals surface area contributed by atoms with E-state index in [4.69, 9.17) is 9.97 Å². The van der Waals surface area contributed by atoms with Crippen molar-refractivity contribution in [3.05, 3.63) is 84.2 Å². The summed E-state index contributed by atoms with van der Waals surface area (Å²) < 4.78 is 0. The fourth-order valence-electron chi connectivity index (χ4n) is 3.78. The van der Waals surface area contributed by atoms with Gasteiger partial charge in [-0.2, -0.15) is 0 Å². The van der Waals surface area contributed by atoms with Gasteiger partial charge in [-0.25, -0.2) is 0 Å². The van der Waals surface area contributed by atoms with Crippen LogP contribution in [0, 0.1) is 0 Å². The predicted molar refractivity (Wildman–Crippen MR) is 98.2 cm³/mol. The Balaban J connectivity index is 1.51. The first-order chi connectivity index (χ1) is 11.9. The summed E-state index contributed by atoms with van der Waals surface area (Å²) >= 11 is 0. The summed E-state index contributed by atoms with van der Waals surface area (Å²) in [5.41, 5.74) is 4.60. The first-order valence-corrected chi connectivity index (χ1v) is 8.60. The van der Waals surface area contributed by atoms with Crippen molar-refractivity contribution < 1.29 is 0 Å². The van der Waals surface area contributed by atoms with Gasteiger partial charge in [-0.3, -0.25) is 9.97 Å². The Labute approximate surface area is 141 Å². The molecule has 0 saturated heterocycles. The van der Waals surface area contributed by atoms with Crippen LogP contribution in [-0.2, 0) is 0 Å². The summed E-state index contributed by atoms with van der Waals surface area (Å²) in [6, 6.07) is 25.5. The second-order valence-electron chi connectivity index (χ2n) is 6.65. The molecule has 2 aromatic heterocycles. The SMILES string of the molecule is c1ccc2nc([C@@H]3CC[C@H]3c3ccc4ccccc4n3)ccc2c1. The summed E-state index contributed by atoms with van der Waals surface area (Å²) in [5, 5.41) is 2.42. The molecule has 0 amide bonds. The topological polar surface area (TPSA) is 25.8 Å². The van der Waals surface area contributed by atoms with E-state index < -0.39 is 0 Å². The molecule has 2 atom stereocenters. The Morgan fingerprint density at radius 3 is 1.46 bits per heavy atom. The third kappa shape index (κ3) is 2.18. The largest absolute Gasteiger partial charge is 0.253 e. The molecular formula is C22H18N2. The highest BCUT2D eigenvalue weighted by Gasteiger charge is 2.35. The van der Waals surface area contributed by atoms with Gasteiger partial charge in [0.2, 0.25) is 0 Å². The van der Waals surface area contributed by atoms with E-state index in [2.05, 4.69) is 72.8 Å². The number of aromatic nitrogens is 2. The number of benzene rings is 2. The summed E-state index contributed by atoms with van der Waals surface area (Å²) in [5.74, 6) is 0.978. The fraction of sp³-hybridized carbons (Fsp3) is 0.182. The first kappa shape index (κ1) is 13.7. The Bertz CT molecular complexity index is 953. The van der Waals surface area contributed by atoms with E-state index >= 15 is 0 Å². The molecule has 1 fully saturated rings. The molecule has 2 heterocycles. The Hall–Kier alpha value is -2.74. The predicted octanol–water partition coefficient (Wildman–Crippen LogP) is 5.44. The van der Waals surface area contributed by atoms with Crippen molar-refractivity contribution >= 4 is 21.8 Å². The average molecular weight is 310 g/mol. The van der Waals surface area contributed by atoms with Crippen LogP contribution in [0.5, 0.6) is 0 Å². The maximum Gasteiger partial charge on any atom is 0.0705 e. The third-order valence-corrected chi connectivity index (χ3v) is 5.27. The molecule has 24 heavy (non-hydrogen) atoms. The summed E-state index contributed by atoms with van der Waals surface area (Å²) in [4.78, 5) is 9.82. The summed E-state index contributed by atoms with van der Waals surface area (Å²) in [7, 11) is 0. The number of rotatable bonds is 2. The van der Waals surface area contributed by atoms with Gasteiger partial charge in [0.1, 0.15) is 0 Å². The minimum absolute atomic E-state index is 0.489. The lowest BCUT2D eigenvalue weighted by molar-refractivity contribution is 0.334. The smallest absolute Gasteiger partial charge is 0.0705 e. The molecular weight excluding hydrogens is 292 g/mol. The van der Waals surface area contributed by atoms with Crippen molar-refractivity contribution in [3.8, 4) is 0 Å². The Morgan fingerprint density at radius 2 is 1.00 bits per heavy atom. The van der Waals surface area contributed by atoms with Gasteiger partial charge in [-0.05, 0) is 37.1 Å². The van der Waals surface area contributed by atoms with Crippen molar-refractivity contribution in [1.29, 1.82) is 0 Å². The van der Waals surface area contributed by atoms with Crippen LogP contribution < -0.4 is 0 Å².